The van der Waals surface area contributed by atoms with Crippen molar-refractivity contribution in [3.63, 3.8) is 0 Å². The number of aromatic nitrogens is 2. The normalized spacial score (nSPS) is 10.9. The van der Waals surface area contributed by atoms with Crippen LogP contribution in [0.1, 0.15) is 36.5 Å². The zero-order chi connectivity index (χ0) is 24.5. The van der Waals surface area contributed by atoms with Crippen LogP contribution in [0, 0.1) is 0 Å². The van der Waals surface area contributed by atoms with Crippen molar-refractivity contribution in [3.8, 4) is 22.5 Å². The lowest BCUT2D eigenvalue weighted by atomic mass is 10.0. The van der Waals surface area contributed by atoms with Crippen molar-refractivity contribution in [2.45, 2.75) is 37.9 Å². The molecule has 0 saturated heterocycles. The number of unbranched alkanes of at least 4 members (excludes halogenated alkanes) is 1. The summed E-state index contributed by atoms with van der Waals surface area (Å²) in [6, 6.07) is 28.5. The first-order chi connectivity index (χ1) is 17.2. The molecule has 35 heavy (non-hydrogen) atoms. The average molecular weight is 549 g/mol. The molecule has 0 bridgehead atoms. The molecule has 1 heterocycles. The van der Waals surface area contributed by atoms with Crippen LogP contribution < -0.4 is 5.32 Å². The summed E-state index contributed by atoms with van der Waals surface area (Å²) in [7, 11) is 0. The van der Waals surface area contributed by atoms with Crippen LogP contribution in [0.4, 0.5) is 0 Å². The van der Waals surface area contributed by atoms with Gasteiger partial charge in [0, 0.05) is 40.0 Å². The van der Waals surface area contributed by atoms with Gasteiger partial charge in [-0.1, -0.05) is 101 Å². The highest BCUT2D eigenvalue weighted by Crippen LogP contribution is 2.36. The summed E-state index contributed by atoms with van der Waals surface area (Å²) < 4.78 is 3.28. The fraction of sp³-hybridized carbons (Fsp3) is 0.241. The van der Waals surface area contributed by atoms with Crippen molar-refractivity contribution in [2.75, 3.05) is 12.3 Å². The first kappa shape index (κ1) is 25.3. The Labute approximate surface area is 220 Å². The SMILES string of the molecule is CCCn1c(SCCCCNC(=O)c2cccc(Br)c2)nc(-c2ccccc2)c1-c1ccccc1. The Morgan fingerprint density at radius 3 is 2.34 bits per heavy atom. The molecule has 0 aliphatic rings. The molecule has 4 rings (SSSR count). The van der Waals surface area contributed by atoms with Gasteiger partial charge in [-0.25, -0.2) is 4.98 Å². The summed E-state index contributed by atoms with van der Waals surface area (Å²) in [4.78, 5) is 17.4. The Hall–Kier alpha value is -2.83. The monoisotopic (exact) mass is 547 g/mol. The molecule has 1 N–H and O–H groups in total. The lowest BCUT2D eigenvalue weighted by Crippen LogP contribution is -2.24. The molecular formula is C29H30BrN3OS. The highest BCUT2D eigenvalue weighted by Gasteiger charge is 2.19. The van der Waals surface area contributed by atoms with Gasteiger partial charge in [-0.05, 0) is 37.5 Å². The number of benzene rings is 3. The number of amides is 1. The molecule has 0 saturated carbocycles. The van der Waals surface area contributed by atoms with Crippen molar-refractivity contribution in [1.29, 1.82) is 0 Å². The minimum atomic E-state index is -0.0301. The number of carbonyl (C=O) groups is 1. The Balaban J connectivity index is 1.43. The van der Waals surface area contributed by atoms with Crippen LogP contribution in [0.15, 0.2) is 94.6 Å². The molecule has 3 aromatic carbocycles. The smallest absolute Gasteiger partial charge is 0.251 e. The molecule has 0 fully saturated rings. The molecular weight excluding hydrogens is 518 g/mol. The lowest BCUT2D eigenvalue weighted by Gasteiger charge is -2.12. The highest BCUT2D eigenvalue weighted by molar-refractivity contribution is 9.10. The van der Waals surface area contributed by atoms with Gasteiger partial charge in [0.2, 0.25) is 0 Å². The second kappa shape index (κ2) is 12.8. The van der Waals surface area contributed by atoms with Gasteiger partial charge < -0.3 is 9.88 Å². The lowest BCUT2D eigenvalue weighted by molar-refractivity contribution is 0.0953. The summed E-state index contributed by atoms with van der Waals surface area (Å²) in [6.07, 6.45) is 2.97. The Kier molecular flexibility index (Phi) is 9.21. The van der Waals surface area contributed by atoms with E-state index in [0.717, 1.165) is 52.4 Å². The van der Waals surface area contributed by atoms with Gasteiger partial charge in [0.15, 0.2) is 5.16 Å². The number of imidazole rings is 1. The number of thioether (sulfide) groups is 1. The van der Waals surface area contributed by atoms with Crippen molar-refractivity contribution >= 4 is 33.6 Å². The zero-order valence-corrected chi connectivity index (χ0v) is 22.3. The van der Waals surface area contributed by atoms with Crippen molar-refractivity contribution in [3.05, 3.63) is 95.0 Å². The van der Waals surface area contributed by atoms with E-state index < -0.39 is 0 Å². The highest BCUT2D eigenvalue weighted by atomic mass is 79.9. The van der Waals surface area contributed by atoms with Crippen LogP contribution in [0.5, 0.6) is 0 Å². The standard InChI is InChI=1S/C29H30BrN3OS/c1-2-19-33-27(23-14-7-4-8-15-23)26(22-12-5-3-6-13-22)32-29(33)35-20-10-9-18-31-28(34)24-16-11-17-25(30)21-24/h3-8,11-17,21H,2,9-10,18-20H2,1H3,(H,31,34). The van der Waals surface area contributed by atoms with Gasteiger partial charge in [0.05, 0.1) is 11.4 Å². The van der Waals surface area contributed by atoms with Crippen LogP contribution in [0.25, 0.3) is 22.5 Å². The molecule has 0 unspecified atom stereocenters. The number of hydrogen-bond acceptors (Lipinski definition) is 3. The van der Waals surface area contributed by atoms with Gasteiger partial charge in [0.1, 0.15) is 0 Å². The molecule has 0 spiro atoms. The molecule has 0 aliphatic carbocycles. The third kappa shape index (κ3) is 6.65. The first-order valence-corrected chi connectivity index (χ1v) is 13.8. The quantitative estimate of drug-likeness (QED) is 0.154. The number of halogens is 1. The summed E-state index contributed by atoms with van der Waals surface area (Å²) in [5.74, 6) is 0.924. The van der Waals surface area contributed by atoms with E-state index in [2.05, 4.69) is 87.3 Å². The molecule has 0 atom stereocenters. The van der Waals surface area contributed by atoms with E-state index in [1.807, 2.05) is 30.3 Å². The fourth-order valence-corrected chi connectivity index (χ4v) is 5.41. The molecule has 1 amide bonds. The predicted molar refractivity (Wildman–Crippen MR) is 150 cm³/mol. The molecule has 4 aromatic rings. The van der Waals surface area contributed by atoms with Crippen LogP contribution >= 0.6 is 27.7 Å². The Morgan fingerprint density at radius 2 is 1.66 bits per heavy atom. The third-order valence-corrected chi connectivity index (χ3v) is 7.20. The van der Waals surface area contributed by atoms with E-state index in [0.29, 0.717) is 12.1 Å². The van der Waals surface area contributed by atoms with Gasteiger partial charge in [-0.3, -0.25) is 4.79 Å². The zero-order valence-electron chi connectivity index (χ0n) is 19.9. The second-order valence-corrected chi connectivity index (χ2v) is 10.3. The van der Waals surface area contributed by atoms with Gasteiger partial charge in [0.25, 0.3) is 5.91 Å². The minimum Gasteiger partial charge on any atom is -0.352 e. The summed E-state index contributed by atoms with van der Waals surface area (Å²) in [6.45, 7) is 3.80. The van der Waals surface area contributed by atoms with Gasteiger partial charge in [-0.15, -0.1) is 0 Å². The van der Waals surface area contributed by atoms with E-state index >= 15 is 0 Å². The predicted octanol–water partition coefficient (Wildman–Crippen LogP) is 7.69. The number of nitrogens with one attached hydrogen (secondary N) is 1. The summed E-state index contributed by atoms with van der Waals surface area (Å²) >= 11 is 5.22. The second-order valence-electron chi connectivity index (χ2n) is 8.30. The maximum atomic E-state index is 12.3. The van der Waals surface area contributed by atoms with E-state index in [1.165, 1.54) is 11.3 Å². The van der Waals surface area contributed by atoms with Crippen molar-refractivity contribution in [2.24, 2.45) is 0 Å². The van der Waals surface area contributed by atoms with Crippen LogP contribution in [-0.2, 0) is 6.54 Å². The van der Waals surface area contributed by atoms with Crippen LogP contribution in [0.2, 0.25) is 0 Å². The van der Waals surface area contributed by atoms with Crippen molar-refractivity contribution in [1.82, 2.24) is 14.9 Å². The average Bonchev–Trinajstić information content (AvgIpc) is 3.25. The Morgan fingerprint density at radius 1 is 0.943 bits per heavy atom. The van der Waals surface area contributed by atoms with Gasteiger partial charge >= 0.3 is 0 Å². The molecule has 1 aromatic heterocycles. The topological polar surface area (TPSA) is 46.9 Å². The van der Waals surface area contributed by atoms with Gasteiger partial charge in [-0.2, -0.15) is 0 Å². The molecule has 0 aliphatic heterocycles. The van der Waals surface area contributed by atoms with E-state index in [4.69, 9.17) is 4.98 Å². The van der Waals surface area contributed by atoms with Crippen molar-refractivity contribution < 1.29 is 4.79 Å². The van der Waals surface area contributed by atoms with Crippen LogP contribution in [0.3, 0.4) is 0 Å². The van der Waals surface area contributed by atoms with E-state index in [9.17, 15) is 4.79 Å². The molecule has 0 radical (unpaired) electrons. The number of hydrogen-bond donors (Lipinski definition) is 1. The summed E-state index contributed by atoms with van der Waals surface area (Å²) in [5, 5.41) is 4.08. The third-order valence-electron chi connectivity index (χ3n) is 5.65. The molecule has 4 nitrogen and oxygen atoms in total. The first-order valence-electron chi connectivity index (χ1n) is 12.0. The maximum absolute atomic E-state index is 12.3. The Bertz CT molecular complexity index is 1240. The molecule has 6 heteroatoms. The number of nitrogens with zero attached hydrogens (tertiary/aromatic N) is 2. The van der Waals surface area contributed by atoms with Crippen LogP contribution in [-0.4, -0.2) is 27.8 Å². The molecule has 180 valence electrons. The number of carbonyl (C=O) groups excluding carboxylic acids is 1. The van der Waals surface area contributed by atoms with E-state index in [1.54, 1.807) is 11.8 Å². The maximum Gasteiger partial charge on any atom is 0.251 e. The van der Waals surface area contributed by atoms with E-state index in [-0.39, 0.29) is 5.91 Å². The largest absolute Gasteiger partial charge is 0.352 e. The fourth-order valence-electron chi connectivity index (χ4n) is 3.98. The number of rotatable bonds is 11. The summed E-state index contributed by atoms with van der Waals surface area (Å²) in [5.41, 5.74) is 5.22. The minimum absolute atomic E-state index is 0.0301.